The van der Waals surface area contributed by atoms with Crippen molar-refractivity contribution in [2.45, 2.75) is 33.1 Å². The number of hydrogen-bond donors (Lipinski definition) is 1. The van der Waals surface area contributed by atoms with E-state index in [1.165, 1.54) is 0 Å². The average molecular weight is 478 g/mol. The van der Waals surface area contributed by atoms with Crippen molar-refractivity contribution in [2.24, 2.45) is 0 Å². The van der Waals surface area contributed by atoms with Crippen LogP contribution >= 0.6 is 23.8 Å². The van der Waals surface area contributed by atoms with Crippen LogP contribution in [0.25, 0.3) is 0 Å². The third-order valence-corrected chi connectivity index (χ3v) is 2.17. The van der Waals surface area contributed by atoms with E-state index in [4.69, 9.17) is 0 Å². The molecule has 0 bridgehead atoms. The van der Waals surface area contributed by atoms with Crippen LogP contribution in [0.3, 0.4) is 0 Å². The van der Waals surface area contributed by atoms with Gasteiger partial charge in [0.05, 0.1) is 6.29 Å². The molecule has 0 spiro atoms. The maximum Gasteiger partial charge on any atom is 0.0662 e. The van der Waals surface area contributed by atoms with E-state index in [9.17, 15) is 9.90 Å². The normalized spacial score (nSPS) is 9.93. The van der Waals surface area contributed by atoms with Gasteiger partial charge in [0.2, 0.25) is 0 Å². The van der Waals surface area contributed by atoms with Gasteiger partial charge in [-0.05, 0) is 65.4 Å². The van der Waals surface area contributed by atoms with E-state index in [1.807, 2.05) is 33.8 Å². The molecule has 27 heavy (non-hydrogen) atoms. The maximum absolute atomic E-state index is 10.6. The first-order valence-corrected chi connectivity index (χ1v) is 16.7. The first-order valence-electron chi connectivity index (χ1n) is 8.61. The van der Waals surface area contributed by atoms with Gasteiger partial charge in [-0.25, -0.2) is 0 Å². The largest absolute Gasteiger partial charge is 0.565 e. The third-order valence-electron chi connectivity index (χ3n) is 2.17. The van der Waals surface area contributed by atoms with Gasteiger partial charge in [0.15, 0.2) is 0 Å². The standard InChI is InChI=1S/C12H15O2.3C3H9P.Ni/c1-8-5-9(7-13)11(14)10(6-8)12(2,3)4;3*1-4(2)3;/h5-6,14H,1-4H3;3*1-3H3;/q-1;;;;. The second-order valence-electron chi connectivity index (χ2n) is 8.59. The van der Waals surface area contributed by atoms with E-state index in [-0.39, 0.29) is 33.2 Å². The maximum atomic E-state index is 10.6. The van der Waals surface area contributed by atoms with Gasteiger partial charge in [-0.15, -0.1) is 34.9 Å². The average Bonchev–Trinajstić information content (AvgIpc) is 2.37. The summed E-state index contributed by atoms with van der Waals surface area (Å²) in [6.07, 6.45) is 1.75. The summed E-state index contributed by atoms with van der Waals surface area (Å²) in [6.45, 7) is 28.0. The molecule has 6 heteroatoms. The van der Waals surface area contributed by atoms with Crippen molar-refractivity contribution in [3.63, 3.8) is 0 Å². The molecule has 0 fully saturated rings. The molecule has 0 aromatic heterocycles. The minimum Gasteiger partial charge on any atom is -0.565 e. The van der Waals surface area contributed by atoms with Gasteiger partial charge in [-0.2, -0.15) is 6.07 Å². The minimum atomic E-state index is -0.165. The fourth-order valence-corrected chi connectivity index (χ4v) is 1.43. The summed E-state index contributed by atoms with van der Waals surface area (Å²) in [5, 5.41) is 9.79. The number of hydrogen-bond acceptors (Lipinski definition) is 2. The van der Waals surface area contributed by atoms with E-state index < -0.39 is 0 Å². The zero-order valence-corrected chi connectivity index (χ0v) is 23.3. The smallest absolute Gasteiger partial charge is 0.0662 e. The van der Waals surface area contributed by atoms with E-state index in [2.05, 4.69) is 60.0 Å². The second-order valence-corrected chi connectivity index (χ2v) is 16.6. The zero-order chi connectivity index (χ0) is 21.7. The molecule has 0 aliphatic carbocycles. The second kappa shape index (κ2) is 18.5. The molecule has 1 aromatic rings. The predicted octanol–water partition coefficient (Wildman–Crippen LogP) is 6.53. The number of aromatic hydroxyl groups is 1. The molecule has 0 aliphatic rings. The summed E-state index contributed by atoms with van der Waals surface area (Å²) in [4.78, 5) is 10.6. The molecule has 2 nitrogen and oxygen atoms in total. The molecule has 1 N–H and O–H groups in total. The number of benzene rings is 1. The van der Waals surface area contributed by atoms with Crippen molar-refractivity contribution in [1.82, 2.24) is 0 Å². The van der Waals surface area contributed by atoms with Crippen LogP contribution in [-0.4, -0.2) is 71.4 Å². The zero-order valence-electron chi connectivity index (χ0n) is 19.7. The summed E-state index contributed by atoms with van der Waals surface area (Å²) >= 11 is 0. The van der Waals surface area contributed by atoms with Crippen LogP contribution in [0.4, 0.5) is 0 Å². The van der Waals surface area contributed by atoms with E-state index in [0.717, 1.165) is 11.1 Å². The van der Waals surface area contributed by atoms with Crippen molar-refractivity contribution >= 4 is 30.1 Å². The van der Waals surface area contributed by atoms with Gasteiger partial charge in [0.25, 0.3) is 0 Å². The molecule has 164 valence electrons. The molecule has 0 radical (unpaired) electrons. The van der Waals surface area contributed by atoms with E-state index in [1.54, 1.807) is 12.4 Å². The molecular formula is C21H42NiO2P3-. The molecule has 0 saturated heterocycles. The van der Waals surface area contributed by atoms with Crippen LogP contribution in [0, 0.1) is 6.92 Å². The first-order chi connectivity index (χ1) is 11.6. The first kappa shape index (κ1) is 34.9. The van der Waals surface area contributed by atoms with Crippen LogP contribution in [0.5, 0.6) is 5.75 Å². The Kier molecular flexibility index (Phi) is 23.9. The summed E-state index contributed by atoms with van der Waals surface area (Å²) in [5.41, 5.74) is 1.83. The van der Waals surface area contributed by atoms with Gasteiger partial charge >= 0.3 is 0 Å². The van der Waals surface area contributed by atoms with Gasteiger partial charge < -0.3 is 9.90 Å². The summed E-state index contributed by atoms with van der Waals surface area (Å²) < 4.78 is 0. The Morgan fingerprint density at radius 3 is 1.33 bits per heavy atom. The quantitative estimate of drug-likeness (QED) is 0.283. The van der Waals surface area contributed by atoms with Crippen LogP contribution < -0.4 is 0 Å². The van der Waals surface area contributed by atoms with Crippen LogP contribution in [0.15, 0.2) is 12.1 Å². The molecule has 0 heterocycles. The summed E-state index contributed by atoms with van der Waals surface area (Å²) in [5.74, 6) is 0.0538. The molecular weight excluding hydrogens is 436 g/mol. The monoisotopic (exact) mass is 477 g/mol. The summed E-state index contributed by atoms with van der Waals surface area (Å²) in [7, 11) is 1.14. The molecule has 0 saturated carbocycles. The van der Waals surface area contributed by atoms with Gasteiger partial charge in [-0.1, -0.05) is 39.3 Å². The molecule has 0 amide bonds. The van der Waals surface area contributed by atoms with Gasteiger partial charge in [0.1, 0.15) is 0 Å². The summed E-state index contributed by atoms with van der Waals surface area (Å²) in [6, 6.07) is 3.54. The Hall–Kier alpha value is 0.474. The molecule has 1 rings (SSSR count). The number of carbonyl (C=O) groups excluding carboxylic acids is 1. The van der Waals surface area contributed by atoms with Gasteiger partial charge in [-0.3, -0.25) is 0 Å². The molecule has 0 aliphatic heterocycles. The molecule has 0 unspecified atom stereocenters. The van der Waals surface area contributed by atoms with Crippen molar-refractivity contribution in [2.75, 3.05) is 60.0 Å². The Morgan fingerprint density at radius 1 is 0.815 bits per heavy atom. The molecule has 0 atom stereocenters. The number of phenols is 1. The number of rotatable bonds is 1. The number of aryl methyl sites for hydroxylation is 1. The van der Waals surface area contributed by atoms with Crippen LogP contribution in [-0.2, 0) is 26.7 Å². The van der Waals surface area contributed by atoms with Gasteiger partial charge in [0, 0.05) is 22.2 Å². The fraction of sp³-hybridized carbons (Fsp3) is 0.667. The van der Waals surface area contributed by atoms with E-state index >= 15 is 0 Å². The Labute approximate surface area is 183 Å². The van der Waals surface area contributed by atoms with Crippen molar-refractivity contribution in [1.29, 1.82) is 0 Å². The van der Waals surface area contributed by atoms with Crippen molar-refractivity contribution in [3.05, 3.63) is 28.8 Å². The topological polar surface area (TPSA) is 37.3 Å². The van der Waals surface area contributed by atoms with E-state index in [0.29, 0.717) is 23.8 Å². The SMILES string of the molecule is CP(C)C.CP(C)C.CP(C)C.Cc1cc([C-]=O)c(O)c(C(C)(C)C)c1.[Ni]. The fourth-order valence-electron chi connectivity index (χ4n) is 1.43. The predicted molar refractivity (Wildman–Crippen MR) is 130 cm³/mol. The minimum absolute atomic E-state index is 0. The van der Waals surface area contributed by atoms with Crippen LogP contribution in [0.1, 0.15) is 37.5 Å². The Balaban J connectivity index is -0.000000169. The third kappa shape index (κ3) is 26.5. The Morgan fingerprint density at radius 2 is 1.11 bits per heavy atom. The molecule has 1 aromatic carbocycles. The number of phenolic OH excluding ortho intramolecular Hbond substituents is 1. The van der Waals surface area contributed by atoms with Crippen LogP contribution in [0.2, 0.25) is 0 Å². The Bertz CT molecular complexity index is 474. The van der Waals surface area contributed by atoms with Crippen molar-refractivity contribution < 1.29 is 26.4 Å². The van der Waals surface area contributed by atoms with Crippen molar-refractivity contribution in [3.8, 4) is 5.75 Å².